The van der Waals surface area contributed by atoms with Crippen LogP contribution in [0.2, 0.25) is 0 Å². The molecule has 5 heteroatoms. The number of likely N-dealkylation sites (tertiary alicyclic amines) is 1. The molecule has 1 fully saturated rings. The third-order valence-electron chi connectivity index (χ3n) is 3.22. The minimum atomic E-state index is -0.412. The van der Waals surface area contributed by atoms with Crippen LogP contribution in [0.5, 0.6) is 0 Å². The second-order valence-corrected chi connectivity index (χ2v) is 5.97. The lowest BCUT2D eigenvalue weighted by Crippen LogP contribution is -2.47. The summed E-state index contributed by atoms with van der Waals surface area (Å²) >= 11 is 0. The Balaban J connectivity index is 2.37. The first-order chi connectivity index (χ1) is 8.33. The van der Waals surface area contributed by atoms with E-state index in [0.717, 1.165) is 32.5 Å². The number of nitrogens with zero attached hydrogens (tertiary/aromatic N) is 2. The molecule has 1 heterocycles. The van der Waals surface area contributed by atoms with Crippen molar-refractivity contribution in [1.29, 1.82) is 0 Å². The first kappa shape index (κ1) is 15.2. The Morgan fingerprint density at radius 2 is 1.94 bits per heavy atom. The zero-order valence-electron chi connectivity index (χ0n) is 12.1. The molecular weight excluding hydrogens is 230 g/mol. The van der Waals surface area contributed by atoms with E-state index in [1.165, 1.54) is 0 Å². The normalized spacial score (nSPS) is 18.2. The maximum atomic E-state index is 11.9. The highest BCUT2D eigenvalue weighted by atomic mass is 16.6. The lowest BCUT2D eigenvalue weighted by atomic mass is 10.0. The lowest BCUT2D eigenvalue weighted by molar-refractivity contribution is 0.0158. The minimum absolute atomic E-state index is 0.192. The van der Waals surface area contributed by atoms with Crippen LogP contribution in [0.3, 0.4) is 0 Å². The molecule has 106 valence electrons. The Morgan fingerprint density at radius 3 is 2.39 bits per heavy atom. The number of ether oxygens (including phenoxy) is 1. The van der Waals surface area contributed by atoms with E-state index in [2.05, 4.69) is 11.9 Å². The van der Waals surface area contributed by atoms with Gasteiger partial charge in [-0.3, -0.25) is 0 Å². The van der Waals surface area contributed by atoms with E-state index in [1.54, 1.807) is 4.90 Å². The predicted molar refractivity (Wildman–Crippen MR) is 72.5 cm³/mol. The van der Waals surface area contributed by atoms with Crippen LogP contribution < -0.4 is 5.73 Å². The lowest BCUT2D eigenvalue weighted by Gasteiger charge is -2.37. The number of carbonyl (C=O) groups excluding carboxylic acids is 1. The van der Waals surface area contributed by atoms with Crippen molar-refractivity contribution >= 4 is 6.09 Å². The highest BCUT2D eigenvalue weighted by molar-refractivity contribution is 5.68. The van der Waals surface area contributed by atoms with E-state index in [-0.39, 0.29) is 6.09 Å². The summed E-state index contributed by atoms with van der Waals surface area (Å²) in [6, 6.07) is 0.534. The standard InChI is InChI=1S/C13H27N3O2/c1-13(2,3)18-12(17)16-8-5-11(6-9-16)15(4)10-7-14/h11H,5-10,14H2,1-4H3. The fraction of sp³-hybridized carbons (Fsp3) is 0.923. The van der Waals surface area contributed by atoms with Gasteiger partial charge in [0, 0.05) is 32.2 Å². The molecule has 0 aromatic rings. The summed E-state index contributed by atoms with van der Waals surface area (Å²) < 4.78 is 5.37. The predicted octanol–water partition coefficient (Wildman–Crippen LogP) is 1.28. The van der Waals surface area contributed by atoms with Crippen LogP contribution in [0.15, 0.2) is 0 Å². The number of piperidine rings is 1. The van der Waals surface area contributed by atoms with Gasteiger partial charge < -0.3 is 20.3 Å². The van der Waals surface area contributed by atoms with Gasteiger partial charge in [-0.05, 0) is 40.7 Å². The van der Waals surface area contributed by atoms with Crippen molar-refractivity contribution in [3.05, 3.63) is 0 Å². The van der Waals surface area contributed by atoms with Crippen molar-refractivity contribution in [3.8, 4) is 0 Å². The minimum Gasteiger partial charge on any atom is -0.444 e. The van der Waals surface area contributed by atoms with Crippen molar-refractivity contribution in [2.24, 2.45) is 5.73 Å². The highest BCUT2D eigenvalue weighted by Gasteiger charge is 2.27. The second kappa shape index (κ2) is 6.38. The zero-order chi connectivity index (χ0) is 13.8. The van der Waals surface area contributed by atoms with Crippen LogP contribution >= 0.6 is 0 Å². The molecule has 0 aromatic carbocycles. The number of amides is 1. The van der Waals surface area contributed by atoms with Gasteiger partial charge in [0.2, 0.25) is 0 Å². The molecule has 0 spiro atoms. The molecule has 1 aliphatic heterocycles. The average Bonchev–Trinajstić information content (AvgIpc) is 2.27. The first-order valence-electron chi connectivity index (χ1n) is 6.71. The number of rotatable bonds is 3. The van der Waals surface area contributed by atoms with Gasteiger partial charge in [0.25, 0.3) is 0 Å². The Bertz CT molecular complexity index is 268. The van der Waals surface area contributed by atoms with E-state index in [4.69, 9.17) is 10.5 Å². The van der Waals surface area contributed by atoms with Gasteiger partial charge in [0.05, 0.1) is 0 Å². The Morgan fingerprint density at radius 1 is 1.39 bits per heavy atom. The highest BCUT2D eigenvalue weighted by Crippen LogP contribution is 2.18. The fourth-order valence-corrected chi connectivity index (χ4v) is 2.20. The van der Waals surface area contributed by atoms with E-state index >= 15 is 0 Å². The Labute approximate surface area is 110 Å². The van der Waals surface area contributed by atoms with Crippen LogP contribution in [-0.4, -0.2) is 60.8 Å². The fourth-order valence-electron chi connectivity index (χ4n) is 2.20. The number of nitrogens with two attached hydrogens (primary N) is 1. The molecule has 1 amide bonds. The molecule has 0 bridgehead atoms. The quantitative estimate of drug-likeness (QED) is 0.827. The van der Waals surface area contributed by atoms with Crippen LogP contribution in [0.25, 0.3) is 0 Å². The van der Waals surface area contributed by atoms with Crippen molar-refractivity contribution < 1.29 is 9.53 Å². The molecule has 0 saturated carbocycles. The number of likely N-dealkylation sites (N-methyl/N-ethyl adjacent to an activating group) is 1. The second-order valence-electron chi connectivity index (χ2n) is 5.97. The summed E-state index contributed by atoms with van der Waals surface area (Å²) in [6.07, 6.45) is 1.80. The topological polar surface area (TPSA) is 58.8 Å². The molecule has 18 heavy (non-hydrogen) atoms. The SMILES string of the molecule is CN(CCN)C1CCN(C(=O)OC(C)(C)C)CC1. The number of hydrogen-bond donors (Lipinski definition) is 1. The largest absolute Gasteiger partial charge is 0.444 e. The molecule has 1 aliphatic rings. The molecule has 0 radical (unpaired) electrons. The van der Waals surface area contributed by atoms with E-state index in [9.17, 15) is 4.79 Å². The van der Waals surface area contributed by atoms with Crippen LogP contribution in [0.4, 0.5) is 4.79 Å². The third kappa shape index (κ3) is 4.82. The third-order valence-corrected chi connectivity index (χ3v) is 3.22. The van der Waals surface area contributed by atoms with Gasteiger partial charge in [-0.25, -0.2) is 4.79 Å². The van der Waals surface area contributed by atoms with Gasteiger partial charge in [-0.15, -0.1) is 0 Å². The number of hydrogen-bond acceptors (Lipinski definition) is 4. The summed E-state index contributed by atoms with van der Waals surface area (Å²) in [4.78, 5) is 16.0. The van der Waals surface area contributed by atoms with Gasteiger partial charge in [-0.2, -0.15) is 0 Å². The van der Waals surface area contributed by atoms with Gasteiger partial charge >= 0.3 is 6.09 Å². The number of carbonyl (C=O) groups is 1. The van der Waals surface area contributed by atoms with Gasteiger partial charge in [-0.1, -0.05) is 0 Å². The molecule has 2 N–H and O–H groups in total. The molecule has 5 nitrogen and oxygen atoms in total. The van der Waals surface area contributed by atoms with Crippen LogP contribution in [0, 0.1) is 0 Å². The smallest absolute Gasteiger partial charge is 0.410 e. The van der Waals surface area contributed by atoms with Crippen LogP contribution in [-0.2, 0) is 4.74 Å². The van der Waals surface area contributed by atoms with Crippen LogP contribution in [0.1, 0.15) is 33.6 Å². The van der Waals surface area contributed by atoms with Gasteiger partial charge in [0.1, 0.15) is 5.60 Å². The van der Waals surface area contributed by atoms with Crippen molar-refractivity contribution in [3.63, 3.8) is 0 Å². The maximum absolute atomic E-state index is 11.9. The van der Waals surface area contributed by atoms with Crippen molar-refractivity contribution in [2.75, 3.05) is 33.2 Å². The van der Waals surface area contributed by atoms with Crippen molar-refractivity contribution in [1.82, 2.24) is 9.80 Å². The summed E-state index contributed by atoms with van der Waals surface area (Å²) in [7, 11) is 2.10. The summed E-state index contributed by atoms with van der Waals surface area (Å²) in [5.41, 5.74) is 5.14. The summed E-state index contributed by atoms with van der Waals surface area (Å²) in [5.74, 6) is 0. The molecule has 0 atom stereocenters. The van der Waals surface area contributed by atoms with Crippen molar-refractivity contribution in [2.45, 2.75) is 45.3 Å². The monoisotopic (exact) mass is 257 g/mol. The molecule has 0 unspecified atom stereocenters. The molecule has 1 rings (SSSR count). The average molecular weight is 257 g/mol. The molecule has 0 aliphatic carbocycles. The maximum Gasteiger partial charge on any atom is 0.410 e. The molecule has 1 saturated heterocycles. The Kier molecular flexibility index (Phi) is 5.41. The zero-order valence-corrected chi connectivity index (χ0v) is 12.1. The molecular formula is C13H27N3O2. The van der Waals surface area contributed by atoms with E-state index in [0.29, 0.717) is 12.6 Å². The molecule has 0 aromatic heterocycles. The first-order valence-corrected chi connectivity index (χ1v) is 6.71. The summed E-state index contributed by atoms with van der Waals surface area (Å²) in [5, 5.41) is 0. The van der Waals surface area contributed by atoms with E-state index < -0.39 is 5.60 Å². The Hall–Kier alpha value is -0.810. The van der Waals surface area contributed by atoms with Gasteiger partial charge in [0.15, 0.2) is 0 Å². The van der Waals surface area contributed by atoms with E-state index in [1.807, 2.05) is 20.8 Å². The summed E-state index contributed by atoms with van der Waals surface area (Å²) in [6.45, 7) is 8.83.